The van der Waals surface area contributed by atoms with Gasteiger partial charge in [-0.25, -0.2) is 0 Å². The molecule has 1 N–H and O–H groups in total. The molecule has 1 fully saturated rings. The maximum atomic E-state index is 12.4. The molecule has 4 rings (SSSR count). The summed E-state index contributed by atoms with van der Waals surface area (Å²) in [4.78, 5) is 14.9. The van der Waals surface area contributed by atoms with E-state index >= 15 is 0 Å². The van der Waals surface area contributed by atoms with Crippen LogP contribution in [0.4, 0.5) is 5.69 Å². The van der Waals surface area contributed by atoms with E-state index in [0.29, 0.717) is 6.42 Å². The van der Waals surface area contributed by atoms with Crippen molar-refractivity contribution >= 4 is 38.4 Å². The summed E-state index contributed by atoms with van der Waals surface area (Å²) in [6.07, 6.45) is 4.86. The van der Waals surface area contributed by atoms with E-state index in [0.717, 1.165) is 39.7 Å². The molecule has 2 heterocycles. The summed E-state index contributed by atoms with van der Waals surface area (Å²) in [6.45, 7) is 4.28. The second-order valence-electron chi connectivity index (χ2n) is 7.04. The fraction of sp³-hybridized carbons (Fsp3) is 0.333. The predicted octanol–water partition coefficient (Wildman–Crippen LogP) is 4.08. The third kappa shape index (κ3) is 4.57. The Bertz CT molecular complexity index is 929. The number of benzene rings is 2. The van der Waals surface area contributed by atoms with Gasteiger partial charge in [-0.2, -0.15) is 5.10 Å². The van der Waals surface area contributed by atoms with Crippen LogP contribution in [0.5, 0.6) is 0 Å². The number of carbonyl (C=O) groups is 1. The molecule has 3 aromatic rings. The average Bonchev–Trinajstić information content (AvgIpc) is 3.31. The van der Waals surface area contributed by atoms with E-state index in [-0.39, 0.29) is 5.91 Å². The van der Waals surface area contributed by atoms with Crippen molar-refractivity contribution in [2.45, 2.75) is 25.8 Å². The van der Waals surface area contributed by atoms with Gasteiger partial charge in [-0.15, -0.1) is 0 Å². The van der Waals surface area contributed by atoms with Gasteiger partial charge in [-0.05, 0) is 61.8 Å². The first-order valence-electron chi connectivity index (χ1n) is 9.40. The van der Waals surface area contributed by atoms with Crippen molar-refractivity contribution in [2.24, 2.45) is 0 Å². The van der Waals surface area contributed by atoms with Crippen molar-refractivity contribution in [3.8, 4) is 0 Å². The van der Waals surface area contributed by atoms with Gasteiger partial charge in [0.2, 0.25) is 5.91 Å². The fourth-order valence-electron chi connectivity index (χ4n) is 3.56. The summed E-state index contributed by atoms with van der Waals surface area (Å²) in [5, 5.41) is 8.63. The summed E-state index contributed by atoms with van der Waals surface area (Å²) >= 11 is 3.41. The van der Waals surface area contributed by atoms with E-state index in [2.05, 4.69) is 31.2 Å². The highest BCUT2D eigenvalue weighted by Crippen LogP contribution is 2.20. The van der Waals surface area contributed by atoms with Crippen LogP contribution in [0.25, 0.3) is 10.9 Å². The summed E-state index contributed by atoms with van der Waals surface area (Å²) in [5.74, 6) is -0.0141. The van der Waals surface area contributed by atoms with Crippen LogP contribution in [0.15, 0.2) is 53.1 Å². The van der Waals surface area contributed by atoms with Crippen molar-refractivity contribution in [1.29, 1.82) is 0 Å². The van der Waals surface area contributed by atoms with E-state index in [1.54, 1.807) is 0 Å². The third-order valence-corrected chi connectivity index (χ3v) is 5.56. The lowest BCUT2D eigenvalue weighted by Gasteiger charge is -2.14. The van der Waals surface area contributed by atoms with Gasteiger partial charge in [-0.1, -0.05) is 28.1 Å². The van der Waals surface area contributed by atoms with Crippen LogP contribution in [-0.2, 0) is 17.8 Å². The van der Waals surface area contributed by atoms with E-state index < -0.39 is 0 Å². The molecular weight excluding hydrogens is 404 g/mol. The van der Waals surface area contributed by atoms with E-state index in [1.807, 2.05) is 53.3 Å². The highest BCUT2D eigenvalue weighted by atomic mass is 79.9. The Balaban J connectivity index is 1.43. The van der Waals surface area contributed by atoms with Crippen molar-refractivity contribution in [1.82, 2.24) is 14.7 Å². The number of aromatic nitrogens is 2. The molecule has 1 aliphatic rings. The zero-order chi connectivity index (χ0) is 18.6. The molecule has 5 nitrogen and oxygen atoms in total. The lowest BCUT2D eigenvalue weighted by Crippen LogP contribution is -2.24. The highest BCUT2D eigenvalue weighted by molar-refractivity contribution is 9.10. The van der Waals surface area contributed by atoms with Crippen LogP contribution >= 0.6 is 15.9 Å². The number of nitrogens with zero attached hydrogens (tertiary/aromatic N) is 3. The number of amides is 1. The van der Waals surface area contributed by atoms with Crippen LogP contribution in [0.2, 0.25) is 0 Å². The standard InChI is InChI=1S/C21H23BrN4O/c22-18-6-3-16(4-7-18)13-21(27)24-19-8-5-17-15-23-26(20(17)14-19)12-11-25-9-1-2-10-25/h3-8,14-15H,1-2,9-13H2,(H,24,27). The van der Waals surface area contributed by atoms with Crippen molar-refractivity contribution < 1.29 is 4.79 Å². The molecule has 0 saturated carbocycles. The first kappa shape index (κ1) is 18.2. The topological polar surface area (TPSA) is 50.2 Å². The average molecular weight is 427 g/mol. The van der Waals surface area contributed by atoms with Crippen molar-refractivity contribution in [3.63, 3.8) is 0 Å². The first-order chi connectivity index (χ1) is 13.2. The smallest absolute Gasteiger partial charge is 0.228 e. The van der Waals surface area contributed by atoms with Gasteiger partial charge >= 0.3 is 0 Å². The van der Waals surface area contributed by atoms with E-state index in [1.165, 1.54) is 25.9 Å². The minimum absolute atomic E-state index is 0.0141. The maximum absolute atomic E-state index is 12.4. The molecule has 1 amide bonds. The number of hydrogen-bond donors (Lipinski definition) is 1. The lowest BCUT2D eigenvalue weighted by atomic mass is 10.1. The Morgan fingerprint density at radius 1 is 1.07 bits per heavy atom. The number of rotatable bonds is 6. The molecule has 1 aliphatic heterocycles. The number of hydrogen-bond acceptors (Lipinski definition) is 3. The molecule has 6 heteroatoms. The molecular formula is C21H23BrN4O. The minimum Gasteiger partial charge on any atom is -0.326 e. The maximum Gasteiger partial charge on any atom is 0.228 e. The zero-order valence-corrected chi connectivity index (χ0v) is 16.8. The number of halogens is 1. The molecule has 0 aliphatic carbocycles. The third-order valence-electron chi connectivity index (χ3n) is 5.03. The Morgan fingerprint density at radius 2 is 1.85 bits per heavy atom. The summed E-state index contributed by atoms with van der Waals surface area (Å²) in [6, 6.07) is 13.8. The number of carbonyl (C=O) groups excluding carboxylic acids is 1. The molecule has 0 bridgehead atoms. The highest BCUT2D eigenvalue weighted by Gasteiger charge is 2.12. The van der Waals surface area contributed by atoms with Gasteiger partial charge in [-0.3, -0.25) is 9.48 Å². The molecule has 0 radical (unpaired) electrons. The van der Waals surface area contributed by atoms with Crippen LogP contribution in [0.1, 0.15) is 18.4 Å². The van der Waals surface area contributed by atoms with Crippen molar-refractivity contribution in [2.75, 3.05) is 25.0 Å². The van der Waals surface area contributed by atoms with Gasteiger partial charge in [0.05, 0.1) is 24.7 Å². The normalized spacial score (nSPS) is 14.7. The molecule has 140 valence electrons. The monoisotopic (exact) mass is 426 g/mol. The lowest BCUT2D eigenvalue weighted by molar-refractivity contribution is -0.115. The Labute approximate surface area is 167 Å². The molecule has 27 heavy (non-hydrogen) atoms. The number of fused-ring (bicyclic) bond motifs is 1. The summed E-state index contributed by atoms with van der Waals surface area (Å²) in [7, 11) is 0. The largest absolute Gasteiger partial charge is 0.326 e. The zero-order valence-electron chi connectivity index (χ0n) is 15.2. The van der Waals surface area contributed by atoms with Crippen LogP contribution < -0.4 is 5.32 Å². The first-order valence-corrected chi connectivity index (χ1v) is 10.2. The van der Waals surface area contributed by atoms with E-state index in [9.17, 15) is 4.79 Å². The van der Waals surface area contributed by atoms with Crippen LogP contribution in [-0.4, -0.2) is 40.2 Å². The van der Waals surface area contributed by atoms with Gasteiger partial charge in [0.25, 0.3) is 0 Å². The molecule has 0 atom stereocenters. The molecule has 2 aromatic carbocycles. The van der Waals surface area contributed by atoms with Gasteiger partial charge in [0.15, 0.2) is 0 Å². The molecule has 0 unspecified atom stereocenters. The van der Waals surface area contributed by atoms with Crippen LogP contribution in [0.3, 0.4) is 0 Å². The quantitative estimate of drug-likeness (QED) is 0.645. The molecule has 0 spiro atoms. The second-order valence-corrected chi connectivity index (χ2v) is 7.96. The van der Waals surface area contributed by atoms with E-state index in [4.69, 9.17) is 0 Å². The summed E-state index contributed by atoms with van der Waals surface area (Å²) in [5.41, 5.74) is 2.87. The van der Waals surface area contributed by atoms with Gasteiger partial charge in [0.1, 0.15) is 0 Å². The number of likely N-dealkylation sites (tertiary alicyclic amines) is 1. The SMILES string of the molecule is O=C(Cc1ccc(Br)cc1)Nc1ccc2cnn(CCN3CCCC3)c2c1. The number of anilines is 1. The Kier molecular flexibility index (Phi) is 5.55. The Hall–Kier alpha value is -2.18. The van der Waals surface area contributed by atoms with Crippen LogP contribution in [0, 0.1) is 0 Å². The second kappa shape index (κ2) is 8.23. The minimum atomic E-state index is -0.0141. The van der Waals surface area contributed by atoms with Gasteiger partial charge in [0, 0.05) is 22.1 Å². The fourth-order valence-corrected chi connectivity index (χ4v) is 3.83. The molecule has 1 saturated heterocycles. The van der Waals surface area contributed by atoms with Crippen molar-refractivity contribution in [3.05, 3.63) is 58.7 Å². The summed E-state index contributed by atoms with van der Waals surface area (Å²) < 4.78 is 3.05. The molecule has 1 aromatic heterocycles. The Morgan fingerprint density at radius 3 is 2.63 bits per heavy atom. The number of nitrogens with one attached hydrogen (secondary N) is 1. The van der Waals surface area contributed by atoms with Gasteiger partial charge < -0.3 is 10.2 Å². The predicted molar refractivity (Wildman–Crippen MR) is 112 cm³/mol.